The molecule has 0 aromatic rings. The van der Waals surface area contributed by atoms with Gasteiger partial charge in [0.1, 0.15) is 6.54 Å². The molecule has 0 aromatic heterocycles. The van der Waals surface area contributed by atoms with E-state index in [1.54, 1.807) is 4.90 Å². The molecule has 16 heavy (non-hydrogen) atoms. The van der Waals surface area contributed by atoms with Crippen molar-refractivity contribution in [2.24, 2.45) is 5.92 Å². The summed E-state index contributed by atoms with van der Waals surface area (Å²) in [5, 5.41) is 0. The van der Waals surface area contributed by atoms with Crippen molar-refractivity contribution in [3.63, 3.8) is 0 Å². The molecule has 0 spiro atoms. The first-order valence-corrected chi connectivity index (χ1v) is 5.93. The maximum absolute atomic E-state index is 12.0. The molecule has 1 rings (SSSR count). The van der Waals surface area contributed by atoms with Crippen LogP contribution in [0, 0.1) is 5.92 Å². The Hall–Kier alpha value is -1.06. The molecule has 0 bridgehead atoms. The maximum atomic E-state index is 12.0. The lowest BCUT2D eigenvalue weighted by molar-refractivity contribution is -0.149. The van der Waals surface area contributed by atoms with Gasteiger partial charge in [0, 0.05) is 12.0 Å². The number of methoxy groups -OCH3 is 1. The van der Waals surface area contributed by atoms with Crippen molar-refractivity contribution >= 4 is 11.9 Å². The summed E-state index contributed by atoms with van der Waals surface area (Å²) < 4.78 is 4.64. The fraction of sp³-hybridized carbons (Fsp3) is 0.833. The number of carbonyl (C=O) groups is 2. The fourth-order valence-electron chi connectivity index (χ4n) is 2.14. The number of ether oxygens (including phenoxy) is 1. The highest BCUT2D eigenvalue weighted by atomic mass is 16.5. The van der Waals surface area contributed by atoms with Gasteiger partial charge >= 0.3 is 5.97 Å². The van der Waals surface area contributed by atoms with E-state index in [0.717, 1.165) is 25.7 Å². The molecule has 0 aliphatic heterocycles. The normalized spacial score (nSPS) is 16.5. The predicted molar refractivity (Wildman–Crippen MR) is 60.8 cm³/mol. The lowest BCUT2D eigenvalue weighted by Crippen LogP contribution is -2.44. The van der Waals surface area contributed by atoms with Gasteiger partial charge in [0.05, 0.1) is 7.11 Å². The van der Waals surface area contributed by atoms with Crippen molar-refractivity contribution in [3.8, 4) is 0 Å². The standard InChI is InChI=1S/C12H21NO3/c1-9(2)12(15)13(8-11(14)16-3)10-6-4-5-7-10/h9-10H,4-8H2,1-3H3. The lowest BCUT2D eigenvalue weighted by Gasteiger charge is -2.29. The number of amides is 1. The molecular formula is C12H21NO3. The first kappa shape index (κ1) is 13.0. The van der Waals surface area contributed by atoms with Gasteiger partial charge in [0.2, 0.25) is 5.91 Å². The SMILES string of the molecule is COC(=O)CN(C(=O)C(C)C)C1CCCC1. The summed E-state index contributed by atoms with van der Waals surface area (Å²) in [5.41, 5.74) is 0. The van der Waals surface area contributed by atoms with E-state index in [2.05, 4.69) is 4.74 Å². The van der Waals surface area contributed by atoms with Gasteiger partial charge in [-0.25, -0.2) is 0 Å². The number of nitrogens with zero attached hydrogens (tertiary/aromatic N) is 1. The van der Waals surface area contributed by atoms with Crippen LogP contribution in [-0.4, -0.2) is 36.5 Å². The Kier molecular flexibility index (Phi) is 4.77. The van der Waals surface area contributed by atoms with E-state index in [9.17, 15) is 9.59 Å². The zero-order valence-corrected chi connectivity index (χ0v) is 10.4. The zero-order chi connectivity index (χ0) is 12.1. The second-order valence-corrected chi connectivity index (χ2v) is 4.64. The molecule has 0 N–H and O–H groups in total. The minimum absolute atomic E-state index is 0.0531. The summed E-state index contributed by atoms with van der Waals surface area (Å²) in [7, 11) is 1.36. The van der Waals surface area contributed by atoms with Gasteiger partial charge in [-0.05, 0) is 12.8 Å². The van der Waals surface area contributed by atoms with Crippen LogP contribution in [-0.2, 0) is 14.3 Å². The summed E-state index contributed by atoms with van der Waals surface area (Å²) in [5.74, 6) is -0.344. The Morgan fingerprint density at radius 2 is 1.88 bits per heavy atom. The average Bonchev–Trinajstić information content (AvgIpc) is 2.77. The molecule has 92 valence electrons. The van der Waals surface area contributed by atoms with E-state index >= 15 is 0 Å². The Morgan fingerprint density at radius 3 is 2.31 bits per heavy atom. The van der Waals surface area contributed by atoms with E-state index in [4.69, 9.17) is 0 Å². The highest BCUT2D eigenvalue weighted by Crippen LogP contribution is 2.24. The van der Waals surface area contributed by atoms with Gasteiger partial charge in [-0.2, -0.15) is 0 Å². The summed E-state index contributed by atoms with van der Waals surface area (Å²) >= 11 is 0. The van der Waals surface area contributed by atoms with Crippen molar-refractivity contribution < 1.29 is 14.3 Å². The molecule has 1 fully saturated rings. The molecule has 0 saturated heterocycles. The quantitative estimate of drug-likeness (QED) is 0.685. The second kappa shape index (κ2) is 5.87. The fourth-order valence-corrected chi connectivity index (χ4v) is 2.14. The number of esters is 1. The van der Waals surface area contributed by atoms with Crippen LogP contribution in [0.4, 0.5) is 0 Å². The molecule has 0 aromatic carbocycles. The van der Waals surface area contributed by atoms with Gasteiger partial charge in [0.15, 0.2) is 0 Å². The van der Waals surface area contributed by atoms with Gasteiger partial charge in [0.25, 0.3) is 0 Å². The monoisotopic (exact) mass is 227 g/mol. The van der Waals surface area contributed by atoms with E-state index in [1.165, 1.54) is 7.11 Å². The van der Waals surface area contributed by atoms with Crippen molar-refractivity contribution in [3.05, 3.63) is 0 Å². The average molecular weight is 227 g/mol. The number of hydrogen-bond donors (Lipinski definition) is 0. The van der Waals surface area contributed by atoms with Crippen LogP contribution in [0.1, 0.15) is 39.5 Å². The molecule has 0 atom stereocenters. The number of hydrogen-bond acceptors (Lipinski definition) is 3. The highest BCUT2D eigenvalue weighted by Gasteiger charge is 2.29. The lowest BCUT2D eigenvalue weighted by atomic mass is 10.1. The third kappa shape index (κ3) is 3.22. The number of carbonyl (C=O) groups excluding carboxylic acids is 2. The van der Waals surface area contributed by atoms with Crippen LogP contribution in [0.5, 0.6) is 0 Å². The van der Waals surface area contributed by atoms with Crippen LogP contribution in [0.15, 0.2) is 0 Å². The summed E-state index contributed by atoms with van der Waals surface area (Å²) in [6.07, 6.45) is 4.31. The van der Waals surface area contributed by atoms with Crippen molar-refractivity contribution in [1.29, 1.82) is 0 Å². The van der Waals surface area contributed by atoms with Gasteiger partial charge < -0.3 is 9.64 Å². The van der Waals surface area contributed by atoms with E-state index < -0.39 is 0 Å². The third-order valence-corrected chi connectivity index (χ3v) is 3.07. The van der Waals surface area contributed by atoms with Gasteiger partial charge in [-0.1, -0.05) is 26.7 Å². The zero-order valence-electron chi connectivity index (χ0n) is 10.4. The minimum atomic E-state index is -0.332. The molecule has 1 aliphatic carbocycles. The smallest absolute Gasteiger partial charge is 0.325 e. The Labute approximate surface area is 96.9 Å². The van der Waals surface area contributed by atoms with E-state index in [0.29, 0.717) is 0 Å². The Balaban J connectivity index is 2.67. The van der Waals surface area contributed by atoms with E-state index in [1.807, 2.05) is 13.8 Å². The summed E-state index contributed by atoms with van der Waals surface area (Å²) in [6, 6.07) is 0.231. The molecule has 0 unspecified atom stereocenters. The topological polar surface area (TPSA) is 46.6 Å². The van der Waals surface area contributed by atoms with Crippen LogP contribution in [0.25, 0.3) is 0 Å². The largest absolute Gasteiger partial charge is 0.468 e. The van der Waals surface area contributed by atoms with Crippen molar-refractivity contribution in [2.45, 2.75) is 45.6 Å². The molecule has 0 heterocycles. The van der Waals surface area contributed by atoms with Gasteiger partial charge in [-0.3, -0.25) is 9.59 Å². The van der Waals surface area contributed by atoms with Crippen molar-refractivity contribution in [2.75, 3.05) is 13.7 Å². The Bertz CT molecular complexity index is 257. The molecule has 4 heteroatoms. The second-order valence-electron chi connectivity index (χ2n) is 4.64. The number of rotatable bonds is 4. The minimum Gasteiger partial charge on any atom is -0.468 e. The molecule has 1 amide bonds. The molecule has 1 saturated carbocycles. The summed E-state index contributed by atoms with van der Waals surface area (Å²) in [4.78, 5) is 25.0. The maximum Gasteiger partial charge on any atom is 0.325 e. The van der Waals surface area contributed by atoms with Gasteiger partial charge in [-0.15, -0.1) is 0 Å². The Morgan fingerprint density at radius 1 is 1.31 bits per heavy atom. The molecule has 4 nitrogen and oxygen atoms in total. The van der Waals surface area contributed by atoms with Crippen LogP contribution in [0.3, 0.4) is 0 Å². The van der Waals surface area contributed by atoms with Crippen LogP contribution in [0.2, 0.25) is 0 Å². The molecule has 0 radical (unpaired) electrons. The van der Waals surface area contributed by atoms with Crippen LogP contribution >= 0.6 is 0 Å². The summed E-state index contributed by atoms with van der Waals surface area (Å²) in [6.45, 7) is 3.82. The molecular weight excluding hydrogens is 206 g/mol. The van der Waals surface area contributed by atoms with Crippen molar-refractivity contribution in [1.82, 2.24) is 4.90 Å². The first-order valence-electron chi connectivity index (χ1n) is 5.93. The molecule has 1 aliphatic rings. The predicted octanol–water partition coefficient (Wildman–Crippen LogP) is 1.59. The van der Waals surface area contributed by atoms with Crippen LogP contribution < -0.4 is 0 Å². The first-order chi connectivity index (χ1) is 7.56. The van der Waals surface area contributed by atoms with E-state index in [-0.39, 0.29) is 30.4 Å². The highest BCUT2D eigenvalue weighted by molar-refractivity contribution is 5.83. The third-order valence-electron chi connectivity index (χ3n) is 3.07.